The molecule has 0 fully saturated rings. The van der Waals surface area contributed by atoms with E-state index in [1.54, 1.807) is 18.3 Å². The number of aromatic nitrogens is 3. The molecule has 2 aromatic heterocycles. The molecule has 0 N–H and O–H groups in total. The molecule has 0 unspecified atom stereocenters. The van der Waals surface area contributed by atoms with E-state index in [1.807, 2.05) is 16.8 Å². The monoisotopic (exact) mass is 391 g/mol. The van der Waals surface area contributed by atoms with Crippen molar-refractivity contribution in [3.8, 4) is 0 Å². The summed E-state index contributed by atoms with van der Waals surface area (Å²) in [5.74, 6) is -0.196. The molecule has 0 spiro atoms. The normalized spacial score (nSPS) is 12.0. The molecule has 0 radical (unpaired) electrons. The number of fused-ring (bicyclic) bond motifs is 1. The fraction of sp³-hybridized carbons (Fsp3) is 0.250. The summed E-state index contributed by atoms with van der Waals surface area (Å²) >= 11 is -2.34. The zero-order chi connectivity index (χ0) is 15.0. The van der Waals surface area contributed by atoms with Crippen LogP contribution in [0.5, 0.6) is 0 Å². The molecule has 0 saturated carbocycles. The summed E-state index contributed by atoms with van der Waals surface area (Å²) in [6.45, 7) is 0.419. The van der Waals surface area contributed by atoms with Crippen molar-refractivity contribution in [1.29, 1.82) is 0 Å². The van der Waals surface area contributed by atoms with Crippen LogP contribution in [-0.2, 0) is 6.54 Å². The van der Waals surface area contributed by atoms with E-state index in [-0.39, 0.29) is 5.82 Å². The molecule has 0 amide bonds. The summed E-state index contributed by atoms with van der Waals surface area (Å²) < 4.78 is 16.9. The molecule has 0 saturated heterocycles. The number of hydrogen-bond acceptors (Lipinski definition) is 2. The van der Waals surface area contributed by atoms with Crippen molar-refractivity contribution in [2.24, 2.45) is 0 Å². The molecule has 3 rings (SSSR count). The molecular formula is C16H18FN3Sn. The SMILES string of the molecule is [CH3][Sn]([CH3])([CH3])[c]1nn(Cc2ccccc2F)c2ncccc12. The molecule has 108 valence electrons. The Morgan fingerprint density at radius 3 is 2.57 bits per heavy atom. The summed E-state index contributed by atoms with van der Waals surface area (Å²) in [5, 5.41) is 5.90. The molecule has 0 aliphatic carbocycles. The minimum atomic E-state index is -2.34. The van der Waals surface area contributed by atoms with Gasteiger partial charge in [-0.3, -0.25) is 0 Å². The van der Waals surface area contributed by atoms with Crippen molar-refractivity contribution in [2.75, 3.05) is 0 Å². The average molecular weight is 390 g/mol. The Morgan fingerprint density at radius 1 is 1.10 bits per heavy atom. The van der Waals surface area contributed by atoms with Crippen LogP contribution in [0, 0.1) is 5.82 Å². The number of nitrogens with zero attached hydrogens (tertiary/aromatic N) is 3. The van der Waals surface area contributed by atoms with E-state index in [0.717, 1.165) is 11.0 Å². The molecule has 1 aromatic carbocycles. The van der Waals surface area contributed by atoms with Crippen LogP contribution in [0.3, 0.4) is 0 Å². The van der Waals surface area contributed by atoms with Crippen LogP contribution in [0.2, 0.25) is 14.8 Å². The number of benzene rings is 1. The van der Waals surface area contributed by atoms with Crippen molar-refractivity contribution in [3.63, 3.8) is 0 Å². The van der Waals surface area contributed by atoms with Gasteiger partial charge in [0.2, 0.25) is 0 Å². The fourth-order valence-electron chi connectivity index (χ4n) is 2.46. The Labute approximate surface area is 127 Å². The second-order valence-corrected chi connectivity index (χ2v) is 20.4. The second-order valence-electron chi connectivity index (χ2n) is 6.22. The van der Waals surface area contributed by atoms with Crippen molar-refractivity contribution < 1.29 is 4.39 Å². The standard InChI is InChI=1S/C13H9FN3.3CH3.Sn/c14-12-6-2-1-4-11(12)9-17-13-10(8-16-17)5-3-7-15-13;;;;/h1-7H,9H2;3*1H3;. The first-order valence-electron chi connectivity index (χ1n) is 7.02. The van der Waals surface area contributed by atoms with E-state index in [0.29, 0.717) is 12.1 Å². The Kier molecular flexibility index (Phi) is 3.73. The molecule has 3 aromatic rings. The number of rotatable bonds is 3. The molecule has 0 aliphatic heterocycles. The van der Waals surface area contributed by atoms with E-state index in [1.165, 1.54) is 9.78 Å². The zero-order valence-corrected chi connectivity index (χ0v) is 15.3. The maximum atomic E-state index is 13.9. The first-order chi connectivity index (χ1) is 9.97. The van der Waals surface area contributed by atoms with Gasteiger partial charge < -0.3 is 0 Å². The first kappa shape index (κ1) is 14.5. The summed E-state index contributed by atoms with van der Waals surface area (Å²) in [5.41, 5.74) is 1.49. The molecule has 0 aliphatic rings. The minimum absolute atomic E-state index is 0.196. The van der Waals surface area contributed by atoms with Crippen molar-refractivity contribution >= 4 is 33.1 Å². The van der Waals surface area contributed by atoms with Gasteiger partial charge in [0.05, 0.1) is 0 Å². The molecule has 0 atom stereocenters. The summed E-state index contributed by atoms with van der Waals surface area (Å²) in [4.78, 5) is 11.4. The van der Waals surface area contributed by atoms with Crippen LogP contribution >= 0.6 is 0 Å². The van der Waals surface area contributed by atoms with Gasteiger partial charge in [-0.25, -0.2) is 0 Å². The van der Waals surface area contributed by atoms with E-state index in [2.05, 4.69) is 25.9 Å². The summed E-state index contributed by atoms with van der Waals surface area (Å²) in [7, 11) is 0. The molecular weight excluding hydrogens is 372 g/mol. The van der Waals surface area contributed by atoms with Crippen LogP contribution in [0.1, 0.15) is 5.56 Å². The molecule has 5 heteroatoms. The molecule has 2 heterocycles. The first-order valence-corrected chi connectivity index (χ1v) is 17.0. The third kappa shape index (κ3) is 2.81. The van der Waals surface area contributed by atoms with Crippen molar-refractivity contribution in [2.45, 2.75) is 21.4 Å². The fourth-order valence-corrected chi connectivity index (χ4v) is 6.53. The van der Waals surface area contributed by atoms with Crippen LogP contribution in [-0.4, -0.2) is 33.1 Å². The summed E-state index contributed by atoms with van der Waals surface area (Å²) in [6.07, 6.45) is 1.77. The van der Waals surface area contributed by atoms with Gasteiger partial charge in [0.1, 0.15) is 0 Å². The van der Waals surface area contributed by atoms with Crippen LogP contribution < -0.4 is 3.71 Å². The van der Waals surface area contributed by atoms with Gasteiger partial charge in [-0.05, 0) is 0 Å². The third-order valence-electron chi connectivity index (χ3n) is 3.50. The van der Waals surface area contributed by atoms with Gasteiger partial charge in [-0.1, -0.05) is 0 Å². The molecule has 21 heavy (non-hydrogen) atoms. The number of halogens is 1. The Morgan fingerprint density at radius 2 is 1.86 bits per heavy atom. The second kappa shape index (κ2) is 5.40. The zero-order valence-electron chi connectivity index (χ0n) is 12.5. The maximum absolute atomic E-state index is 13.9. The van der Waals surface area contributed by atoms with Gasteiger partial charge >= 0.3 is 128 Å². The van der Waals surface area contributed by atoms with Crippen molar-refractivity contribution in [3.05, 3.63) is 54.0 Å². The van der Waals surface area contributed by atoms with Gasteiger partial charge in [-0.15, -0.1) is 0 Å². The number of pyridine rings is 1. The third-order valence-corrected chi connectivity index (χ3v) is 8.60. The van der Waals surface area contributed by atoms with E-state index in [9.17, 15) is 4.39 Å². The average Bonchev–Trinajstić information content (AvgIpc) is 2.81. The molecule has 0 bridgehead atoms. The van der Waals surface area contributed by atoms with Crippen LogP contribution in [0.25, 0.3) is 11.0 Å². The Bertz CT molecular complexity index is 790. The summed E-state index contributed by atoms with van der Waals surface area (Å²) in [6, 6.07) is 10.9. The van der Waals surface area contributed by atoms with Gasteiger partial charge in [0, 0.05) is 0 Å². The van der Waals surface area contributed by atoms with Gasteiger partial charge in [-0.2, -0.15) is 0 Å². The predicted octanol–water partition coefficient (Wildman–Crippen LogP) is 3.16. The predicted molar refractivity (Wildman–Crippen MR) is 86.0 cm³/mol. The Balaban J connectivity index is 2.14. The topological polar surface area (TPSA) is 30.7 Å². The van der Waals surface area contributed by atoms with E-state index >= 15 is 0 Å². The van der Waals surface area contributed by atoms with Gasteiger partial charge in [0.25, 0.3) is 0 Å². The Hall–Kier alpha value is -1.43. The molecule has 3 nitrogen and oxygen atoms in total. The number of hydrogen-bond donors (Lipinski definition) is 0. The van der Waals surface area contributed by atoms with Crippen molar-refractivity contribution in [1.82, 2.24) is 14.8 Å². The quantitative estimate of drug-likeness (QED) is 0.644. The van der Waals surface area contributed by atoms with E-state index < -0.39 is 18.4 Å². The van der Waals surface area contributed by atoms with E-state index in [4.69, 9.17) is 5.10 Å². The van der Waals surface area contributed by atoms with Crippen LogP contribution in [0.15, 0.2) is 42.6 Å². The van der Waals surface area contributed by atoms with Crippen LogP contribution in [0.4, 0.5) is 4.39 Å². The van der Waals surface area contributed by atoms with Gasteiger partial charge in [0.15, 0.2) is 0 Å².